The molecule has 1 aliphatic carbocycles. The summed E-state index contributed by atoms with van der Waals surface area (Å²) in [6, 6.07) is 0.346. The first-order valence-corrected chi connectivity index (χ1v) is 6.76. The summed E-state index contributed by atoms with van der Waals surface area (Å²) in [4.78, 5) is 14.3. The van der Waals surface area contributed by atoms with Crippen molar-refractivity contribution < 1.29 is 4.79 Å². The van der Waals surface area contributed by atoms with E-state index in [-0.39, 0.29) is 5.91 Å². The van der Waals surface area contributed by atoms with Crippen LogP contribution in [0.1, 0.15) is 38.5 Å². The average molecular weight is 248 g/mol. The van der Waals surface area contributed by atoms with E-state index in [0.717, 1.165) is 24.8 Å². The van der Waals surface area contributed by atoms with Gasteiger partial charge in [0.1, 0.15) is 11.4 Å². The molecule has 2 saturated heterocycles. The second-order valence-electron chi connectivity index (χ2n) is 5.56. The summed E-state index contributed by atoms with van der Waals surface area (Å²) in [5.41, 5.74) is 5.92. The van der Waals surface area contributed by atoms with Crippen LogP contribution < -0.4 is 11.1 Å². The van der Waals surface area contributed by atoms with Crippen molar-refractivity contribution in [2.75, 3.05) is 6.54 Å². The third-order valence-corrected chi connectivity index (χ3v) is 4.63. The number of nitrogens with one attached hydrogen (secondary N) is 2. The smallest absolute Gasteiger partial charge is 0.246 e. The summed E-state index contributed by atoms with van der Waals surface area (Å²) in [6.07, 6.45) is 7.49. The zero-order valence-electron chi connectivity index (χ0n) is 10.5. The topological polar surface area (TPSA) is 82.2 Å². The summed E-state index contributed by atoms with van der Waals surface area (Å²) in [7, 11) is 0. The van der Waals surface area contributed by atoms with Gasteiger partial charge in [0.15, 0.2) is 0 Å². The SMILES string of the molecule is N=C1C(=CN)CC2(CCNC2=O)N1C1CCCC1. The van der Waals surface area contributed by atoms with Gasteiger partial charge in [0.25, 0.3) is 0 Å². The lowest BCUT2D eigenvalue weighted by Gasteiger charge is -2.38. The molecule has 4 N–H and O–H groups in total. The minimum atomic E-state index is -0.517. The lowest BCUT2D eigenvalue weighted by molar-refractivity contribution is -0.128. The number of hydrogen-bond donors (Lipinski definition) is 3. The molecule has 2 heterocycles. The van der Waals surface area contributed by atoms with Crippen molar-refractivity contribution in [2.45, 2.75) is 50.1 Å². The van der Waals surface area contributed by atoms with Gasteiger partial charge < -0.3 is 16.0 Å². The molecule has 1 spiro atoms. The Balaban J connectivity index is 2.00. The first kappa shape index (κ1) is 11.6. The molecule has 1 unspecified atom stereocenters. The Morgan fingerprint density at radius 1 is 1.44 bits per heavy atom. The van der Waals surface area contributed by atoms with E-state index < -0.39 is 5.54 Å². The van der Waals surface area contributed by atoms with E-state index in [9.17, 15) is 4.79 Å². The van der Waals surface area contributed by atoms with Gasteiger partial charge in [-0.2, -0.15) is 0 Å². The predicted molar refractivity (Wildman–Crippen MR) is 69.1 cm³/mol. The van der Waals surface area contributed by atoms with Crippen molar-refractivity contribution in [1.82, 2.24) is 10.2 Å². The minimum Gasteiger partial charge on any atom is -0.404 e. The van der Waals surface area contributed by atoms with E-state index in [2.05, 4.69) is 10.2 Å². The molecule has 0 radical (unpaired) electrons. The molecule has 1 atom stereocenters. The van der Waals surface area contributed by atoms with Gasteiger partial charge in [-0.05, 0) is 19.3 Å². The standard InChI is InChI=1S/C13H20N4O/c14-8-9-7-13(5-6-16-12(13)18)17(11(9)15)10-3-1-2-4-10/h8,10,15H,1-7,14H2,(H,16,18). The number of amidine groups is 1. The molecule has 0 aromatic carbocycles. The number of nitrogens with zero attached hydrogens (tertiary/aromatic N) is 1. The fourth-order valence-electron chi connectivity index (χ4n) is 3.74. The predicted octanol–water partition coefficient (Wildman–Crippen LogP) is 0.713. The van der Waals surface area contributed by atoms with Crippen LogP contribution in [-0.2, 0) is 4.79 Å². The minimum absolute atomic E-state index is 0.0796. The van der Waals surface area contributed by atoms with Crippen LogP contribution in [0.5, 0.6) is 0 Å². The zero-order chi connectivity index (χ0) is 12.8. The lowest BCUT2D eigenvalue weighted by Crippen LogP contribution is -2.54. The van der Waals surface area contributed by atoms with Crippen molar-refractivity contribution >= 4 is 11.7 Å². The van der Waals surface area contributed by atoms with Gasteiger partial charge in [-0.25, -0.2) is 0 Å². The van der Waals surface area contributed by atoms with Crippen LogP contribution in [0.2, 0.25) is 0 Å². The number of carbonyl (C=O) groups is 1. The molecule has 3 aliphatic rings. The van der Waals surface area contributed by atoms with Crippen molar-refractivity contribution in [2.24, 2.45) is 5.73 Å². The van der Waals surface area contributed by atoms with E-state index in [1.54, 1.807) is 0 Å². The van der Waals surface area contributed by atoms with Crippen LogP contribution in [-0.4, -0.2) is 34.8 Å². The Labute approximate surface area is 107 Å². The van der Waals surface area contributed by atoms with Crippen molar-refractivity contribution in [1.29, 1.82) is 5.41 Å². The largest absolute Gasteiger partial charge is 0.404 e. The summed E-state index contributed by atoms with van der Waals surface area (Å²) in [6.45, 7) is 0.715. The summed E-state index contributed by atoms with van der Waals surface area (Å²) in [5, 5.41) is 11.2. The first-order chi connectivity index (χ1) is 8.69. The highest BCUT2D eigenvalue weighted by molar-refractivity contribution is 6.06. The molecule has 1 amide bonds. The zero-order valence-corrected chi connectivity index (χ0v) is 10.5. The van der Waals surface area contributed by atoms with E-state index in [1.165, 1.54) is 19.0 Å². The number of nitrogens with two attached hydrogens (primary N) is 1. The van der Waals surface area contributed by atoms with Gasteiger partial charge in [0, 0.05) is 30.8 Å². The number of amides is 1. The highest BCUT2D eigenvalue weighted by Crippen LogP contribution is 2.43. The Hall–Kier alpha value is -1.52. The molecular formula is C13H20N4O. The lowest BCUT2D eigenvalue weighted by atomic mass is 9.91. The van der Waals surface area contributed by atoms with Crippen LogP contribution in [0.25, 0.3) is 0 Å². The molecule has 3 fully saturated rings. The quantitative estimate of drug-likeness (QED) is 0.639. The van der Waals surface area contributed by atoms with Gasteiger partial charge in [0.2, 0.25) is 5.91 Å². The maximum Gasteiger partial charge on any atom is 0.246 e. The van der Waals surface area contributed by atoms with Crippen LogP contribution in [0.15, 0.2) is 11.8 Å². The van der Waals surface area contributed by atoms with E-state index in [0.29, 0.717) is 24.8 Å². The Kier molecular flexibility index (Phi) is 2.57. The molecule has 0 aromatic rings. The van der Waals surface area contributed by atoms with Crippen molar-refractivity contribution in [3.8, 4) is 0 Å². The summed E-state index contributed by atoms with van der Waals surface area (Å²) < 4.78 is 0. The average Bonchev–Trinajstić information content (AvgIpc) is 3.03. The Morgan fingerprint density at radius 3 is 2.72 bits per heavy atom. The number of hydrogen-bond acceptors (Lipinski definition) is 3. The van der Waals surface area contributed by atoms with Crippen molar-refractivity contribution in [3.05, 3.63) is 11.8 Å². The van der Waals surface area contributed by atoms with Crippen LogP contribution in [0, 0.1) is 5.41 Å². The molecule has 3 rings (SSSR count). The molecule has 0 aromatic heterocycles. The normalized spacial score (nSPS) is 35.1. The third-order valence-electron chi connectivity index (χ3n) is 4.63. The molecule has 0 bridgehead atoms. The van der Waals surface area contributed by atoms with Crippen molar-refractivity contribution in [3.63, 3.8) is 0 Å². The Morgan fingerprint density at radius 2 is 2.17 bits per heavy atom. The maximum atomic E-state index is 12.3. The monoisotopic (exact) mass is 248 g/mol. The maximum absolute atomic E-state index is 12.3. The van der Waals surface area contributed by atoms with Crippen LogP contribution in [0.4, 0.5) is 0 Å². The van der Waals surface area contributed by atoms with Crippen LogP contribution in [0.3, 0.4) is 0 Å². The highest BCUT2D eigenvalue weighted by atomic mass is 16.2. The van der Waals surface area contributed by atoms with E-state index >= 15 is 0 Å². The summed E-state index contributed by atoms with van der Waals surface area (Å²) in [5.74, 6) is 0.553. The molecular weight excluding hydrogens is 228 g/mol. The molecule has 18 heavy (non-hydrogen) atoms. The van der Waals surface area contributed by atoms with Gasteiger partial charge >= 0.3 is 0 Å². The summed E-state index contributed by atoms with van der Waals surface area (Å²) >= 11 is 0. The number of likely N-dealkylation sites (tertiary alicyclic amines) is 1. The number of rotatable bonds is 1. The van der Waals surface area contributed by atoms with Crippen LogP contribution >= 0.6 is 0 Å². The van der Waals surface area contributed by atoms with Gasteiger partial charge in [-0.3, -0.25) is 10.2 Å². The molecule has 2 aliphatic heterocycles. The van der Waals surface area contributed by atoms with Gasteiger partial charge in [0.05, 0.1) is 0 Å². The van der Waals surface area contributed by atoms with Gasteiger partial charge in [-0.15, -0.1) is 0 Å². The van der Waals surface area contributed by atoms with Gasteiger partial charge in [-0.1, -0.05) is 12.8 Å². The second kappa shape index (κ2) is 4.00. The Bertz CT molecular complexity index is 425. The third kappa shape index (κ3) is 1.39. The number of carbonyl (C=O) groups excluding carboxylic acids is 1. The first-order valence-electron chi connectivity index (χ1n) is 6.76. The fraction of sp³-hybridized carbons (Fsp3) is 0.692. The molecule has 1 saturated carbocycles. The fourth-order valence-corrected chi connectivity index (χ4v) is 3.74. The molecule has 5 nitrogen and oxygen atoms in total. The molecule has 5 heteroatoms. The molecule has 98 valence electrons. The highest BCUT2D eigenvalue weighted by Gasteiger charge is 2.56. The van der Waals surface area contributed by atoms with E-state index in [4.69, 9.17) is 11.1 Å². The second-order valence-corrected chi connectivity index (χ2v) is 5.56. The van der Waals surface area contributed by atoms with E-state index in [1.807, 2.05) is 0 Å².